The molecule has 2 N–H and O–H groups in total. The fourth-order valence-electron chi connectivity index (χ4n) is 3.60. The lowest BCUT2D eigenvalue weighted by atomic mass is 9.99. The van der Waals surface area contributed by atoms with Gasteiger partial charge in [0.25, 0.3) is 0 Å². The maximum Gasteiger partial charge on any atom is 0.335 e. The third-order valence-corrected chi connectivity index (χ3v) is 5.40. The highest BCUT2D eigenvalue weighted by Crippen LogP contribution is 2.42. The van der Waals surface area contributed by atoms with Crippen LogP contribution in [0.5, 0.6) is 28.7 Å². The van der Waals surface area contributed by atoms with Crippen molar-refractivity contribution in [2.75, 3.05) is 40.9 Å². The number of ether oxygens (including phenoxy) is 5. The van der Waals surface area contributed by atoms with E-state index < -0.39 is 5.97 Å². The molecule has 3 rings (SSSR count). The Morgan fingerprint density at radius 3 is 1.86 bits per heavy atom. The predicted molar refractivity (Wildman–Crippen MR) is 130 cm³/mol. The Kier molecular flexibility index (Phi) is 8.04. The number of ketones is 1. The van der Waals surface area contributed by atoms with Crippen LogP contribution < -0.4 is 29.0 Å². The SMILES string of the molecule is COc1cc(NCc2ccc(C(=O)O)cc2)c(C(=O)c2ccc(OC)c(OC)c2OC)cc1OC. The van der Waals surface area contributed by atoms with Gasteiger partial charge >= 0.3 is 5.97 Å². The van der Waals surface area contributed by atoms with Crippen molar-refractivity contribution in [2.24, 2.45) is 0 Å². The summed E-state index contributed by atoms with van der Waals surface area (Å²) in [6.07, 6.45) is 0. The molecule has 0 spiro atoms. The fraction of sp³-hybridized carbons (Fsp3) is 0.231. The second kappa shape index (κ2) is 11.1. The molecule has 0 aromatic heterocycles. The van der Waals surface area contributed by atoms with Gasteiger partial charge in [0.05, 0.1) is 46.7 Å². The van der Waals surface area contributed by atoms with E-state index in [2.05, 4.69) is 5.32 Å². The summed E-state index contributed by atoms with van der Waals surface area (Å²) < 4.78 is 27.1. The van der Waals surface area contributed by atoms with E-state index in [4.69, 9.17) is 28.8 Å². The van der Waals surface area contributed by atoms with Gasteiger partial charge in [0.15, 0.2) is 28.8 Å². The summed E-state index contributed by atoms with van der Waals surface area (Å²) in [5.41, 5.74) is 2.09. The van der Waals surface area contributed by atoms with Crippen LogP contribution in [0, 0.1) is 0 Å². The molecule has 0 bridgehead atoms. The van der Waals surface area contributed by atoms with Crippen molar-refractivity contribution in [3.05, 3.63) is 70.8 Å². The molecule has 0 saturated carbocycles. The molecule has 0 amide bonds. The van der Waals surface area contributed by atoms with Gasteiger partial charge in [-0.25, -0.2) is 4.79 Å². The lowest BCUT2D eigenvalue weighted by Crippen LogP contribution is -2.11. The number of anilines is 1. The highest BCUT2D eigenvalue weighted by atomic mass is 16.5. The minimum absolute atomic E-state index is 0.191. The topological polar surface area (TPSA) is 113 Å². The summed E-state index contributed by atoms with van der Waals surface area (Å²) in [6.45, 7) is 0.332. The molecule has 0 unspecified atom stereocenters. The first-order valence-corrected chi connectivity index (χ1v) is 10.5. The van der Waals surface area contributed by atoms with Gasteiger partial charge in [0.2, 0.25) is 5.75 Å². The summed E-state index contributed by atoms with van der Waals surface area (Å²) in [4.78, 5) is 24.8. The van der Waals surface area contributed by atoms with Crippen LogP contribution in [-0.2, 0) is 6.54 Å². The van der Waals surface area contributed by atoms with Crippen molar-refractivity contribution in [2.45, 2.75) is 6.54 Å². The van der Waals surface area contributed by atoms with Crippen LogP contribution in [0.25, 0.3) is 0 Å². The van der Waals surface area contributed by atoms with Crippen LogP contribution in [0.2, 0.25) is 0 Å². The number of carboxylic acid groups (broad SMARTS) is 1. The lowest BCUT2D eigenvalue weighted by Gasteiger charge is -2.18. The zero-order valence-electron chi connectivity index (χ0n) is 20.1. The predicted octanol–water partition coefficient (Wildman–Crippen LogP) is 4.27. The standard InChI is InChI=1S/C26H27NO8/c1-31-20-11-10-17(24(34-4)25(20)35-5)23(28)18-12-21(32-2)22(33-3)13-19(18)27-14-15-6-8-16(9-7-15)26(29)30/h6-13,27H,14H2,1-5H3,(H,29,30). The van der Waals surface area contributed by atoms with E-state index in [0.717, 1.165) is 5.56 Å². The molecule has 3 aromatic carbocycles. The molecule has 3 aromatic rings. The number of carbonyl (C=O) groups excluding carboxylic acids is 1. The molecule has 184 valence electrons. The van der Waals surface area contributed by atoms with E-state index in [-0.39, 0.29) is 22.7 Å². The number of hydrogen-bond donors (Lipinski definition) is 2. The Morgan fingerprint density at radius 1 is 0.714 bits per heavy atom. The third-order valence-electron chi connectivity index (χ3n) is 5.40. The van der Waals surface area contributed by atoms with Gasteiger partial charge in [-0.3, -0.25) is 4.79 Å². The quantitative estimate of drug-likeness (QED) is 0.388. The summed E-state index contributed by atoms with van der Waals surface area (Å²) >= 11 is 0. The zero-order chi connectivity index (χ0) is 25.5. The Morgan fingerprint density at radius 2 is 1.31 bits per heavy atom. The highest BCUT2D eigenvalue weighted by Gasteiger charge is 2.25. The maximum absolute atomic E-state index is 13.7. The van der Waals surface area contributed by atoms with E-state index in [0.29, 0.717) is 40.8 Å². The molecule has 0 atom stereocenters. The van der Waals surface area contributed by atoms with Crippen LogP contribution >= 0.6 is 0 Å². The molecule has 9 heteroatoms. The molecule has 35 heavy (non-hydrogen) atoms. The fourth-order valence-corrected chi connectivity index (χ4v) is 3.60. The highest BCUT2D eigenvalue weighted by molar-refractivity contribution is 6.15. The van der Waals surface area contributed by atoms with Gasteiger partial charge in [0.1, 0.15) is 0 Å². The van der Waals surface area contributed by atoms with Gasteiger partial charge in [-0.15, -0.1) is 0 Å². The molecule has 0 saturated heterocycles. The molecule has 0 aliphatic carbocycles. The van der Waals surface area contributed by atoms with Gasteiger partial charge in [-0.2, -0.15) is 0 Å². The normalized spacial score (nSPS) is 10.3. The zero-order valence-corrected chi connectivity index (χ0v) is 20.1. The van der Waals surface area contributed by atoms with E-state index in [1.807, 2.05) is 0 Å². The molecule has 0 aliphatic heterocycles. The van der Waals surface area contributed by atoms with E-state index >= 15 is 0 Å². The number of nitrogens with one attached hydrogen (secondary N) is 1. The summed E-state index contributed by atoms with van der Waals surface area (Å²) in [5, 5.41) is 12.3. The van der Waals surface area contributed by atoms with Crippen LogP contribution in [0.3, 0.4) is 0 Å². The van der Waals surface area contributed by atoms with E-state index in [1.165, 1.54) is 47.7 Å². The molecule has 0 radical (unpaired) electrons. The second-order valence-corrected chi connectivity index (χ2v) is 7.32. The summed E-state index contributed by atoms with van der Waals surface area (Å²) in [7, 11) is 7.40. The first-order valence-electron chi connectivity index (χ1n) is 10.5. The number of rotatable bonds is 11. The van der Waals surface area contributed by atoms with Crippen LogP contribution in [0.15, 0.2) is 48.5 Å². The van der Waals surface area contributed by atoms with Crippen molar-refractivity contribution < 1.29 is 38.4 Å². The van der Waals surface area contributed by atoms with Crippen molar-refractivity contribution in [1.29, 1.82) is 0 Å². The molecule has 0 aliphatic rings. The number of carboxylic acids is 1. The average Bonchev–Trinajstić information content (AvgIpc) is 2.89. The minimum Gasteiger partial charge on any atom is -0.493 e. The van der Waals surface area contributed by atoms with Gasteiger partial charge in [0, 0.05) is 23.9 Å². The van der Waals surface area contributed by atoms with Crippen molar-refractivity contribution in [3.63, 3.8) is 0 Å². The second-order valence-electron chi connectivity index (χ2n) is 7.32. The van der Waals surface area contributed by atoms with E-state index in [1.54, 1.807) is 36.4 Å². The number of carbonyl (C=O) groups is 2. The van der Waals surface area contributed by atoms with Crippen molar-refractivity contribution in [3.8, 4) is 28.7 Å². The third kappa shape index (κ3) is 5.24. The summed E-state index contributed by atoms with van der Waals surface area (Å²) in [5.74, 6) is 0.444. The molecule has 9 nitrogen and oxygen atoms in total. The smallest absolute Gasteiger partial charge is 0.335 e. The van der Waals surface area contributed by atoms with Crippen LogP contribution in [0.1, 0.15) is 31.8 Å². The van der Waals surface area contributed by atoms with E-state index in [9.17, 15) is 9.59 Å². The lowest BCUT2D eigenvalue weighted by molar-refractivity contribution is 0.0696. The Balaban J connectivity index is 2.05. The molecule has 0 heterocycles. The Bertz CT molecular complexity index is 1220. The van der Waals surface area contributed by atoms with Crippen LogP contribution in [0.4, 0.5) is 5.69 Å². The minimum atomic E-state index is -0.999. The number of aromatic carboxylic acids is 1. The first kappa shape index (κ1) is 25.2. The van der Waals surface area contributed by atoms with Crippen molar-refractivity contribution >= 4 is 17.4 Å². The molecular formula is C26H27NO8. The molecule has 0 fully saturated rings. The molecular weight excluding hydrogens is 454 g/mol. The summed E-state index contributed by atoms with van der Waals surface area (Å²) in [6, 6.07) is 13.0. The van der Waals surface area contributed by atoms with Gasteiger partial charge in [-0.05, 0) is 35.9 Å². The van der Waals surface area contributed by atoms with Gasteiger partial charge < -0.3 is 34.1 Å². The monoisotopic (exact) mass is 481 g/mol. The average molecular weight is 482 g/mol. The van der Waals surface area contributed by atoms with Gasteiger partial charge in [-0.1, -0.05) is 12.1 Å². The largest absolute Gasteiger partial charge is 0.493 e. The van der Waals surface area contributed by atoms with Crippen LogP contribution in [-0.4, -0.2) is 52.4 Å². The Labute approximate surface area is 203 Å². The van der Waals surface area contributed by atoms with Crippen molar-refractivity contribution in [1.82, 2.24) is 0 Å². The number of benzene rings is 3. The number of hydrogen-bond acceptors (Lipinski definition) is 8. The Hall–Kier alpha value is -4.40. The number of methoxy groups -OCH3 is 5. The first-order chi connectivity index (χ1) is 16.9. The maximum atomic E-state index is 13.7.